The van der Waals surface area contributed by atoms with E-state index < -0.39 is 32.0 Å². The van der Waals surface area contributed by atoms with Crippen LogP contribution in [-0.2, 0) is 31.4 Å². The van der Waals surface area contributed by atoms with Crippen molar-refractivity contribution in [3.63, 3.8) is 0 Å². The third-order valence-electron chi connectivity index (χ3n) is 5.48. The highest BCUT2D eigenvalue weighted by Gasteiger charge is 2.27. The van der Waals surface area contributed by atoms with Gasteiger partial charge in [0.05, 0.1) is 18.0 Å². The van der Waals surface area contributed by atoms with Gasteiger partial charge in [-0.1, -0.05) is 30.2 Å². The first-order valence-corrected chi connectivity index (χ1v) is 14.1. The highest BCUT2D eigenvalue weighted by molar-refractivity contribution is 7.89. The summed E-state index contributed by atoms with van der Waals surface area (Å²) in [6.45, 7) is 2.57. The van der Waals surface area contributed by atoms with Crippen LogP contribution in [0.4, 0.5) is 0 Å². The number of nitrogens with one attached hydrogen (secondary N) is 2. The average molecular weight is 530 g/mol. The summed E-state index contributed by atoms with van der Waals surface area (Å²) in [5.74, 6) is -0.446. The number of halogens is 1. The largest absolute Gasteiger partial charge is 0.495 e. The Balaban J connectivity index is 1.60. The zero-order valence-electron chi connectivity index (χ0n) is 19.0. The molecular weight excluding hydrogens is 502 g/mol. The number of hydrogen-bond donors (Lipinski definition) is 2. The Hall–Kier alpha value is -2.18. The van der Waals surface area contributed by atoms with Crippen molar-refractivity contribution in [3.8, 4) is 5.75 Å². The molecule has 0 bridgehead atoms. The van der Waals surface area contributed by atoms with Crippen LogP contribution in [0, 0.1) is 0 Å². The summed E-state index contributed by atoms with van der Waals surface area (Å²) in [6.07, 6.45) is 2.75. The fraction of sp³-hybridized carbons (Fsp3) is 0.409. The Morgan fingerprint density at radius 1 is 1.06 bits per heavy atom. The van der Waals surface area contributed by atoms with Gasteiger partial charge in [0.2, 0.25) is 26.0 Å². The Kier molecular flexibility index (Phi) is 8.58. The van der Waals surface area contributed by atoms with Crippen LogP contribution in [0.25, 0.3) is 0 Å². The lowest BCUT2D eigenvalue weighted by molar-refractivity contribution is -0.122. The Morgan fingerprint density at radius 3 is 2.32 bits per heavy atom. The highest BCUT2D eigenvalue weighted by Crippen LogP contribution is 2.27. The number of benzene rings is 2. The summed E-state index contributed by atoms with van der Waals surface area (Å²) in [5.41, 5.74) is 0.678. The standard InChI is InChI=1S/C22H28ClN3O6S2/c1-16(25-33(28,29)21-14-18(23)8-11-20(21)32-2)22(27)24-15-17-6-9-19(10-7-17)34(30,31)26-12-4-3-5-13-26/h6-11,14,16,25H,3-5,12-13,15H2,1-2H3,(H,24,27)/t16-/m1/s1. The third kappa shape index (κ3) is 6.28. The molecule has 1 atom stereocenters. The molecule has 2 N–H and O–H groups in total. The lowest BCUT2D eigenvalue weighted by Crippen LogP contribution is -2.44. The van der Waals surface area contributed by atoms with E-state index in [1.54, 1.807) is 12.1 Å². The predicted octanol–water partition coefficient (Wildman–Crippen LogP) is 2.51. The summed E-state index contributed by atoms with van der Waals surface area (Å²) in [5, 5.41) is 2.86. The highest BCUT2D eigenvalue weighted by atomic mass is 35.5. The number of rotatable bonds is 9. The monoisotopic (exact) mass is 529 g/mol. The number of hydrogen-bond acceptors (Lipinski definition) is 6. The van der Waals surface area contributed by atoms with Gasteiger partial charge in [-0.2, -0.15) is 9.03 Å². The van der Waals surface area contributed by atoms with E-state index in [2.05, 4.69) is 10.0 Å². The molecule has 0 aliphatic carbocycles. The predicted molar refractivity (Wildman–Crippen MR) is 129 cm³/mol. The summed E-state index contributed by atoms with van der Waals surface area (Å²) < 4.78 is 59.8. The van der Waals surface area contributed by atoms with Crippen LogP contribution in [0.15, 0.2) is 52.3 Å². The number of methoxy groups -OCH3 is 1. The van der Waals surface area contributed by atoms with Crippen molar-refractivity contribution in [1.82, 2.24) is 14.3 Å². The van der Waals surface area contributed by atoms with E-state index >= 15 is 0 Å². The van der Waals surface area contributed by atoms with Crippen LogP contribution >= 0.6 is 11.6 Å². The SMILES string of the molecule is COc1ccc(Cl)cc1S(=O)(=O)N[C@H](C)C(=O)NCc1ccc(S(=O)(=O)N2CCCCC2)cc1. The number of carbonyl (C=O) groups excluding carboxylic acids is 1. The molecule has 3 rings (SSSR count). The summed E-state index contributed by atoms with van der Waals surface area (Å²) in [4.78, 5) is 12.5. The van der Waals surface area contributed by atoms with E-state index in [9.17, 15) is 21.6 Å². The van der Waals surface area contributed by atoms with Crippen LogP contribution in [0.3, 0.4) is 0 Å². The lowest BCUT2D eigenvalue weighted by Gasteiger charge is -2.25. The van der Waals surface area contributed by atoms with Crippen LogP contribution in [-0.4, -0.2) is 53.3 Å². The van der Waals surface area contributed by atoms with E-state index in [0.717, 1.165) is 19.3 Å². The second kappa shape index (κ2) is 11.0. The van der Waals surface area contributed by atoms with Crippen LogP contribution in [0.5, 0.6) is 5.75 Å². The smallest absolute Gasteiger partial charge is 0.245 e. The van der Waals surface area contributed by atoms with E-state index in [4.69, 9.17) is 16.3 Å². The van der Waals surface area contributed by atoms with Gasteiger partial charge in [-0.05, 0) is 55.7 Å². The van der Waals surface area contributed by atoms with Gasteiger partial charge in [0.1, 0.15) is 10.6 Å². The normalized spacial score (nSPS) is 16.1. The third-order valence-corrected chi connectivity index (χ3v) is 9.19. The molecule has 2 aromatic carbocycles. The molecule has 0 spiro atoms. The van der Waals surface area contributed by atoms with Crippen molar-refractivity contribution in [3.05, 3.63) is 53.1 Å². The first-order valence-electron chi connectivity index (χ1n) is 10.8. The van der Waals surface area contributed by atoms with E-state index in [0.29, 0.717) is 18.7 Å². The minimum Gasteiger partial charge on any atom is -0.495 e. The molecule has 1 amide bonds. The van der Waals surface area contributed by atoms with Crippen LogP contribution in [0.1, 0.15) is 31.7 Å². The molecule has 1 saturated heterocycles. The molecule has 1 heterocycles. The van der Waals surface area contributed by atoms with Gasteiger partial charge in [-0.3, -0.25) is 4.79 Å². The Morgan fingerprint density at radius 2 is 1.71 bits per heavy atom. The van der Waals surface area contributed by atoms with E-state index in [-0.39, 0.29) is 27.1 Å². The molecule has 1 aliphatic rings. The molecule has 12 heteroatoms. The molecule has 0 radical (unpaired) electrons. The maximum atomic E-state index is 12.7. The van der Waals surface area contributed by atoms with Crippen molar-refractivity contribution in [1.29, 1.82) is 0 Å². The molecule has 2 aromatic rings. The molecular formula is C22H28ClN3O6S2. The van der Waals surface area contributed by atoms with Crippen molar-refractivity contribution in [2.45, 2.75) is 48.6 Å². The fourth-order valence-corrected chi connectivity index (χ4v) is 6.74. The summed E-state index contributed by atoms with van der Waals surface area (Å²) in [7, 11) is -6.27. The Bertz CT molecular complexity index is 1230. The van der Waals surface area contributed by atoms with Crippen LogP contribution in [0.2, 0.25) is 5.02 Å². The molecule has 0 saturated carbocycles. The summed E-state index contributed by atoms with van der Waals surface area (Å²) >= 11 is 5.91. The van der Waals surface area contributed by atoms with Gasteiger partial charge < -0.3 is 10.1 Å². The number of piperidine rings is 1. The number of carbonyl (C=O) groups is 1. The zero-order valence-corrected chi connectivity index (χ0v) is 21.3. The van der Waals surface area contributed by atoms with Gasteiger partial charge >= 0.3 is 0 Å². The van der Waals surface area contributed by atoms with Crippen LogP contribution < -0.4 is 14.8 Å². The molecule has 1 fully saturated rings. The zero-order chi connectivity index (χ0) is 24.9. The van der Waals surface area contributed by atoms with Gasteiger partial charge in [-0.15, -0.1) is 0 Å². The van der Waals surface area contributed by atoms with E-state index in [1.807, 2.05) is 0 Å². The Labute approximate surface area is 205 Å². The van der Waals surface area contributed by atoms with Crippen molar-refractivity contribution < 1.29 is 26.4 Å². The molecule has 0 aromatic heterocycles. The first-order chi connectivity index (χ1) is 16.0. The topological polar surface area (TPSA) is 122 Å². The lowest BCUT2D eigenvalue weighted by atomic mass is 10.2. The first kappa shape index (κ1) is 26.4. The fourth-order valence-electron chi connectivity index (χ4n) is 3.59. The second-order valence-corrected chi connectivity index (χ2v) is 12.0. The number of ether oxygens (including phenoxy) is 1. The quantitative estimate of drug-likeness (QED) is 0.514. The number of amides is 1. The minimum atomic E-state index is -4.08. The van der Waals surface area contributed by atoms with Gasteiger partial charge in [-0.25, -0.2) is 16.8 Å². The molecule has 186 valence electrons. The van der Waals surface area contributed by atoms with Crippen molar-refractivity contribution >= 4 is 37.6 Å². The molecule has 34 heavy (non-hydrogen) atoms. The van der Waals surface area contributed by atoms with Crippen molar-refractivity contribution in [2.75, 3.05) is 20.2 Å². The van der Waals surface area contributed by atoms with Gasteiger partial charge in [0, 0.05) is 24.7 Å². The molecule has 9 nitrogen and oxygen atoms in total. The summed E-state index contributed by atoms with van der Waals surface area (Å²) in [6, 6.07) is 9.38. The number of nitrogens with zero attached hydrogens (tertiary/aromatic N) is 1. The maximum absolute atomic E-state index is 12.7. The average Bonchev–Trinajstić information content (AvgIpc) is 2.83. The molecule has 0 unspecified atom stereocenters. The number of sulfonamides is 2. The minimum absolute atomic E-state index is 0.101. The van der Waals surface area contributed by atoms with Gasteiger partial charge in [0.15, 0.2) is 0 Å². The molecule has 1 aliphatic heterocycles. The van der Waals surface area contributed by atoms with Crippen molar-refractivity contribution in [2.24, 2.45) is 0 Å². The maximum Gasteiger partial charge on any atom is 0.245 e. The second-order valence-electron chi connectivity index (χ2n) is 7.96. The van der Waals surface area contributed by atoms with Gasteiger partial charge in [0.25, 0.3) is 0 Å². The van der Waals surface area contributed by atoms with E-state index in [1.165, 1.54) is 48.7 Å².